The maximum atomic E-state index is 12.4. The Morgan fingerprint density at radius 3 is 2.95 bits per heavy atom. The van der Waals surface area contributed by atoms with Gasteiger partial charge in [0.2, 0.25) is 0 Å². The van der Waals surface area contributed by atoms with Crippen LogP contribution in [-0.4, -0.2) is 18.5 Å². The van der Waals surface area contributed by atoms with Gasteiger partial charge in [0.15, 0.2) is 5.78 Å². The number of carbonyl (C=O) groups is 1. The molecule has 0 amide bonds. The predicted molar refractivity (Wildman–Crippen MR) is 75.3 cm³/mol. The number of carbonyl (C=O) groups excluding carboxylic acids is 1. The number of fused-ring (bicyclic) bond motifs is 1. The topological polar surface area (TPSA) is 26.3 Å². The highest BCUT2D eigenvalue weighted by atomic mass is 16.5. The van der Waals surface area contributed by atoms with Gasteiger partial charge in [0.1, 0.15) is 6.10 Å². The Kier molecular flexibility index (Phi) is 3.69. The quantitative estimate of drug-likeness (QED) is 0.829. The van der Waals surface area contributed by atoms with E-state index in [1.54, 1.807) is 0 Å². The number of aryl methyl sites for hydroxylation is 1. The van der Waals surface area contributed by atoms with Crippen molar-refractivity contribution >= 4 is 5.78 Å². The lowest BCUT2D eigenvalue weighted by Gasteiger charge is -2.26. The zero-order valence-electron chi connectivity index (χ0n) is 11.6. The summed E-state index contributed by atoms with van der Waals surface area (Å²) in [6.45, 7) is 2.88. The van der Waals surface area contributed by atoms with E-state index in [0.717, 1.165) is 25.9 Å². The molecule has 2 nitrogen and oxygen atoms in total. The molecule has 2 aliphatic rings. The van der Waals surface area contributed by atoms with Crippen LogP contribution in [0.1, 0.15) is 49.7 Å². The number of hydrogen-bond donors (Lipinski definition) is 0. The lowest BCUT2D eigenvalue weighted by Crippen LogP contribution is -2.27. The van der Waals surface area contributed by atoms with Crippen LogP contribution in [-0.2, 0) is 16.0 Å². The SMILES string of the molecule is CC1CCOC1C(=O)CC1CCCc2ccccc21. The van der Waals surface area contributed by atoms with Crippen molar-refractivity contribution in [3.63, 3.8) is 0 Å². The molecule has 0 saturated carbocycles. The van der Waals surface area contributed by atoms with Gasteiger partial charge in [-0.1, -0.05) is 31.2 Å². The van der Waals surface area contributed by atoms with E-state index in [-0.39, 0.29) is 6.10 Å². The van der Waals surface area contributed by atoms with Crippen molar-refractivity contribution < 1.29 is 9.53 Å². The fourth-order valence-corrected chi connectivity index (χ4v) is 3.53. The first kappa shape index (κ1) is 12.9. The maximum absolute atomic E-state index is 12.4. The predicted octanol–water partition coefficient (Wildman–Crippen LogP) is 3.49. The van der Waals surface area contributed by atoms with Crippen LogP contribution in [0.25, 0.3) is 0 Å². The fraction of sp³-hybridized carbons (Fsp3) is 0.588. The zero-order chi connectivity index (χ0) is 13.2. The van der Waals surface area contributed by atoms with Crippen molar-refractivity contribution in [3.05, 3.63) is 35.4 Å². The second-order valence-corrected chi connectivity index (χ2v) is 6.02. The summed E-state index contributed by atoms with van der Waals surface area (Å²) in [5.74, 6) is 1.12. The lowest BCUT2D eigenvalue weighted by atomic mass is 9.79. The monoisotopic (exact) mass is 258 g/mol. The average molecular weight is 258 g/mol. The van der Waals surface area contributed by atoms with E-state index in [2.05, 4.69) is 31.2 Å². The maximum Gasteiger partial charge on any atom is 0.162 e. The molecule has 19 heavy (non-hydrogen) atoms. The molecule has 1 aliphatic carbocycles. The summed E-state index contributed by atoms with van der Waals surface area (Å²) >= 11 is 0. The number of Topliss-reactive ketones (excluding diaryl/α,β-unsaturated/α-hetero) is 1. The van der Waals surface area contributed by atoms with Crippen molar-refractivity contribution in [2.24, 2.45) is 5.92 Å². The first-order chi connectivity index (χ1) is 9.25. The molecule has 3 rings (SSSR count). The molecule has 0 spiro atoms. The van der Waals surface area contributed by atoms with Gasteiger partial charge in [-0.05, 0) is 48.6 Å². The van der Waals surface area contributed by atoms with E-state index >= 15 is 0 Å². The summed E-state index contributed by atoms with van der Waals surface area (Å²) < 4.78 is 5.61. The molecule has 0 bridgehead atoms. The molecule has 1 aromatic rings. The largest absolute Gasteiger partial charge is 0.370 e. The molecular weight excluding hydrogens is 236 g/mol. The van der Waals surface area contributed by atoms with Crippen molar-refractivity contribution in [1.82, 2.24) is 0 Å². The molecule has 1 saturated heterocycles. The fourth-order valence-electron chi connectivity index (χ4n) is 3.53. The Hall–Kier alpha value is -1.15. The van der Waals surface area contributed by atoms with Crippen LogP contribution >= 0.6 is 0 Å². The molecule has 1 fully saturated rings. The van der Waals surface area contributed by atoms with Gasteiger partial charge < -0.3 is 4.74 Å². The first-order valence-corrected chi connectivity index (χ1v) is 7.48. The third-order valence-electron chi connectivity index (χ3n) is 4.65. The summed E-state index contributed by atoms with van der Waals surface area (Å²) in [5, 5.41) is 0. The lowest BCUT2D eigenvalue weighted by molar-refractivity contribution is -0.129. The summed E-state index contributed by atoms with van der Waals surface area (Å²) in [6, 6.07) is 8.60. The Labute approximate surface area is 115 Å². The van der Waals surface area contributed by atoms with Gasteiger partial charge in [-0.15, -0.1) is 0 Å². The highest BCUT2D eigenvalue weighted by Crippen LogP contribution is 2.35. The Bertz CT molecular complexity index is 466. The van der Waals surface area contributed by atoms with Gasteiger partial charge >= 0.3 is 0 Å². The molecule has 3 unspecified atom stereocenters. The molecule has 2 heteroatoms. The van der Waals surface area contributed by atoms with E-state index < -0.39 is 0 Å². The molecule has 0 aromatic heterocycles. The van der Waals surface area contributed by atoms with Crippen LogP contribution in [0.5, 0.6) is 0 Å². The molecule has 0 radical (unpaired) electrons. The van der Waals surface area contributed by atoms with E-state index in [0.29, 0.717) is 24.0 Å². The van der Waals surface area contributed by atoms with Crippen molar-refractivity contribution in [2.75, 3.05) is 6.61 Å². The van der Waals surface area contributed by atoms with Crippen molar-refractivity contribution in [3.8, 4) is 0 Å². The first-order valence-electron chi connectivity index (χ1n) is 7.48. The van der Waals surface area contributed by atoms with Crippen LogP contribution in [0, 0.1) is 5.92 Å². The van der Waals surface area contributed by atoms with E-state index in [9.17, 15) is 4.79 Å². The standard InChI is InChI=1S/C17H22O2/c1-12-9-10-19-17(12)16(18)11-14-7-4-6-13-5-2-3-8-15(13)14/h2-3,5,8,12,14,17H,4,6-7,9-11H2,1H3. The van der Waals surface area contributed by atoms with E-state index in [1.165, 1.54) is 17.5 Å². The Balaban J connectivity index is 1.72. The third kappa shape index (κ3) is 2.59. The van der Waals surface area contributed by atoms with Crippen molar-refractivity contribution in [1.29, 1.82) is 0 Å². The van der Waals surface area contributed by atoms with Gasteiger partial charge in [-0.2, -0.15) is 0 Å². The van der Waals surface area contributed by atoms with Gasteiger partial charge in [0, 0.05) is 13.0 Å². The third-order valence-corrected chi connectivity index (χ3v) is 4.65. The van der Waals surface area contributed by atoms with Gasteiger partial charge in [-0.3, -0.25) is 4.79 Å². The highest BCUT2D eigenvalue weighted by molar-refractivity contribution is 5.84. The summed E-state index contributed by atoms with van der Waals surface area (Å²) in [4.78, 5) is 12.4. The van der Waals surface area contributed by atoms with Crippen LogP contribution in [0.3, 0.4) is 0 Å². The van der Waals surface area contributed by atoms with Gasteiger partial charge in [0.05, 0.1) is 0 Å². The number of ether oxygens (including phenoxy) is 1. The summed E-state index contributed by atoms with van der Waals surface area (Å²) in [6.07, 6.45) is 5.05. The van der Waals surface area contributed by atoms with Crippen LogP contribution in [0.4, 0.5) is 0 Å². The minimum atomic E-state index is -0.144. The highest BCUT2D eigenvalue weighted by Gasteiger charge is 2.33. The molecule has 1 heterocycles. The van der Waals surface area contributed by atoms with E-state index in [4.69, 9.17) is 4.74 Å². The minimum absolute atomic E-state index is 0.144. The number of ketones is 1. The normalized spacial score (nSPS) is 30.1. The molecule has 0 N–H and O–H groups in total. The second-order valence-electron chi connectivity index (χ2n) is 6.02. The summed E-state index contributed by atoms with van der Waals surface area (Å²) in [7, 11) is 0. The molecule has 3 atom stereocenters. The molecule has 1 aliphatic heterocycles. The van der Waals surface area contributed by atoms with Crippen LogP contribution in [0.2, 0.25) is 0 Å². The van der Waals surface area contributed by atoms with Crippen molar-refractivity contribution in [2.45, 2.75) is 51.0 Å². The van der Waals surface area contributed by atoms with Gasteiger partial charge in [-0.25, -0.2) is 0 Å². The number of benzene rings is 1. The number of rotatable bonds is 3. The number of hydrogen-bond acceptors (Lipinski definition) is 2. The molecular formula is C17H22O2. The Morgan fingerprint density at radius 2 is 2.16 bits per heavy atom. The van der Waals surface area contributed by atoms with Gasteiger partial charge in [0.25, 0.3) is 0 Å². The second kappa shape index (κ2) is 5.46. The molecule has 102 valence electrons. The van der Waals surface area contributed by atoms with Crippen LogP contribution < -0.4 is 0 Å². The van der Waals surface area contributed by atoms with E-state index in [1.807, 2.05) is 0 Å². The smallest absolute Gasteiger partial charge is 0.162 e. The summed E-state index contributed by atoms with van der Waals surface area (Å²) in [5.41, 5.74) is 2.83. The minimum Gasteiger partial charge on any atom is -0.370 e. The zero-order valence-corrected chi connectivity index (χ0v) is 11.6. The Morgan fingerprint density at radius 1 is 1.32 bits per heavy atom. The van der Waals surface area contributed by atoms with Crippen LogP contribution in [0.15, 0.2) is 24.3 Å². The molecule has 1 aromatic carbocycles. The average Bonchev–Trinajstić information content (AvgIpc) is 2.85.